The summed E-state index contributed by atoms with van der Waals surface area (Å²) in [6.45, 7) is 8.12. The molecule has 1 rings (SSSR count). The van der Waals surface area contributed by atoms with Gasteiger partial charge in [-0.05, 0) is 37.5 Å². The molecule has 1 atom stereocenters. The molecule has 0 aliphatic heterocycles. The molecule has 0 aliphatic rings. The normalized spacial score (nSPS) is 12.5. The van der Waals surface area contributed by atoms with Crippen LogP contribution in [-0.4, -0.2) is 18.2 Å². The number of rotatable bonds is 6. The van der Waals surface area contributed by atoms with Gasteiger partial charge in [-0.15, -0.1) is 0 Å². The average Bonchev–Trinajstić information content (AvgIpc) is 2.28. The van der Waals surface area contributed by atoms with Gasteiger partial charge in [0.1, 0.15) is 0 Å². The molecule has 0 fully saturated rings. The van der Waals surface area contributed by atoms with Gasteiger partial charge < -0.3 is 10.0 Å². The topological polar surface area (TPSA) is 23.5 Å². The van der Waals surface area contributed by atoms with Gasteiger partial charge in [-0.1, -0.05) is 31.5 Å². The van der Waals surface area contributed by atoms with Crippen molar-refractivity contribution in [3.63, 3.8) is 0 Å². The first kappa shape index (κ1) is 14.3. The van der Waals surface area contributed by atoms with Crippen LogP contribution in [0.15, 0.2) is 18.2 Å². The highest BCUT2D eigenvalue weighted by Gasteiger charge is 2.10. The van der Waals surface area contributed by atoms with E-state index in [-0.39, 0.29) is 0 Å². The first-order valence-electron chi connectivity index (χ1n) is 6.32. The van der Waals surface area contributed by atoms with Gasteiger partial charge >= 0.3 is 0 Å². The first-order valence-corrected chi connectivity index (χ1v) is 6.70. The SMILES string of the molecule is CCCN(CCC)c1ccc(C(C)O)cc1Cl. The summed E-state index contributed by atoms with van der Waals surface area (Å²) in [4.78, 5) is 2.30. The summed E-state index contributed by atoms with van der Waals surface area (Å²) < 4.78 is 0. The Kier molecular flexibility index (Phi) is 5.79. The Morgan fingerprint density at radius 1 is 1.24 bits per heavy atom. The number of aliphatic hydroxyl groups is 1. The van der Waals surface area contributed by atoms with Crippen LogP contribution in [0.2, 0.25) is 5.02 Å². The van der Waals surface area contributed by atoms with Gasteiger partial charge in [0.25, 0.3) is 0 Å². The Balaban J connectivity index is 2.95. The molecule has 3 heteroatoms. The van der Waals surface area contributed by atoms with Crippen molar-refractivity contribution < 1.29 is 5.11 Å². The highest BCUT2D eigenvalue weighted by atomic mass is 35.5. The fraction of sp³-hybridized carbons (Fsp3) is 0.571. The van der Waals surface area contributed by atoms with Crippen LogP contribution < -0.4 is 4.90 Å². The van der Waals surface area contributed by atoms with E-state index in [1.54, 1.807) is 6.92 Å². The molecule has 0 heterocycles. The number of hydrogen-bond acceptors (Lipinski definition) is 2. The van der Waals surface area contributed by atoms with Crippen LogP contribution in [0.3, 0.4) is 0 Å². The summed E-state index contributed by atoms with van der Waals surface area (Å²) in [6, 6.07) is 5.82. The molecule has 0 bridgehead atoms. The Bertz CT molecular complexity index is 346. The third-order valence-electron chi connectivity index (χ3n) is 2.78. The van der Waals surface area contributed by atoms with E-state index >= 15 is 0 Å². The zero-order valence-corrected chi connectivity index (χ0v) is 11.7. The summed E-state index contributed by atoms with van der Waals surface area (Å²) in [5, 5.41) is 10.2. The molecule has 1 aromatic rings. The van der Waals surface area contributed by atoms with Crippen LogP contribution in [0.5, 0.6) is 0 Å². The Morgan fingerprint density at radius 3 is 2.24 bits per heavy atom. The molecular formula is C14H22ClNO. The van der Waals surface area contributed by atoms with E-state index in [1.165, 1.54) is 0 Å². The zero-order chi connectivity index (χ0) is 12.8. The maximum Gasteiger partial charge on any atom is 0.0762 e. The van der Waals surface area contributed by atoms with E-state index in [0.717, 1.165) is 42.2 Å². The molecule has 0 amide bonds. The second-order valence-electron chi connectivity index (χ2n) is 4.37. The number of hydrogen-bond donors (Lipinski definition) is 1. The minimum Gasteiger partial charge on any atom is -0.389 e. The highest BCUT2D eigenvalue weighted by Crippen LogP contribution is 2.29. The Hall–Kier alpha value is -0.730. The van der Waals surface area contributed by atoms with E-state index in [0.29, 0.717) is 0 Å². The van der Waals surface area contributed by atoms with Gasteiger partial charge in [0.2, 0.25) is 0 Å². The van der Waals surface area contributed by atoms with Crippen LogP contribution in [0.4, 0.5) is 5.69 Å². The molecule has 0 spiro atoms. The molecule has 1 unspecified atom stereocenters. The van der Waals surface area contributed by atoms with E-state index in [9.17, 15) is 5.11 Å². The fourth-order valence-corrected chi connectivity index (χ4v) is 2.24. The van der Waals surface area contributed by atoms with Gasteiger partial charge in [0.15, 0.2) is 0 Å². The predicted octanol–water partition coefficient (Wildman–Crippen LogP) is 4.02. The summed E-state index contributed by atoms with van der Waals surface area (Å²) in [5.74, 6) is 0. The standard InChI is InChI=1S/C14H22ClNO/c1-4-8-16(9-5-2)14-7-6-12(11(3)17)10-13(14)15/h6-7,10-11,17H,4-5,8-9H2,1-3H3. The third kappa shape index (κ3) is 3.90. The van der Waals surface area contributed by atoms with Crippen LogP contribution in [0.1, 0.15) is 45.3 Å². The molecule has 0 saturated carbocycles. The van der Waals surface area contributed by atoms with Crippen LogP contribution in [0, 0.1) is 0 Å². The van der Waals surface area contributed by atoms with E-state index < -0.39 is 6.10 Å². The summed E-state index contributed by atoms with van der Waals surface area (Å²) in [7, 11) is 0. The number of halogens is 1. The van der Waals surface area contributed by atoms with E-state index in [2.05, 4.69) is 18.7 Å². The van der Waals surface area contributed by atoms with Crippen molar-refractivity contribution in [2.45, 2.75) is 39.7 Å². The van der Waals surface area contributed by atoms with Gasteiger partial charge in [-0.3, -0.25) is 0 Å². The quantitative estimate of drug-likeness (QED) is 0.830. The fourth-order valence-electron chi connectivity index (χ4n) is 1.93. The molecule has 96 valence electrons. The van der Waals surface area contributed by atoms with Gasteiger partial charge in [0.05, 0.1) is 16.8 Å². The third-order valence-corrected chi connectivity index (χ3v) is 3.08. The maximum absolute atomic E-state index is 9.51. The van der Waals surface area contributed by atoms with E-state index in [1.807, 2.05) is 18.2 Å². The first-order chi connectivity index (χ1) is 8.10. The molecule has 17 heavy (non-hydrogen) atoms. The molecule has 0 saturated heterocycles. The average molecular weight is 256 g/mol. The smallest absolute Gasteiger partial charge is 0.0762 e. The molecule has 0 aliphatic carbocycles. The number of benzene rings is 1. The van der Waals surface area contributed by atoms with Crippen molar-refractivity contribution >= 4 is 17.3 Å². The second-order valence-corrected chi connectivity index (χ2v) is 4.78. The summed E-state index contributed by atoms with van der Waals surface area (Å²) in [6.07, 6.45) is 1.75. The van der Waals surface area contributed by atoms with Crippen LogP contribution in [-0.2, 0) is 0 Å². The monoisotopic (exact) mass is 255 g/mol. The Labute approximate surface area is 109 Å². The molecule has 0 aromatic heterocycles. The molecule has 1 aromatic carbocycles. The Morgan fingerprint density at radius 2 is 1.82 bits per heavy atom. The molecular weight excluding hydrogens is 234 g/mol. The van der Waals surface area contributed by atoms with Crippen molar-refractivity contribution in [3.05, 3.63) is 28.8 Å². The molecule has 0 radical (unpaired) electrons. The largest absolute Gasteiger partial charge is 0.389 e. The lowest BCUT2D eigenvalue weighted by Gasteiger charge is -2.25. The lowest BCUT2D eigenvalue weighted by Crippen LogP contribution is -2.25. The van der Waals surface area contributed by atoms with E-state index in [4.69, 9.17) is 11.6 Å². The maximum atomic E-state index is 9.51. The summed E-state index contributed by atoms with van der Waals surface area (Å²) >= 11 is 6.29. The minimum atomic E-state index is -0.465. The van der Waals surface area contributed by atoms with Gasteiger partial charge in [-0.2, -0.15) is 0 Å². The van der Waals surface area contributed by atoms with Crippen molar-refractivity contribution in [2.75, 3.05) is 18.0 Å². The van der Waals surface area contributed by atoms with Gasteiger partial charge in [0, 0.05) is 13.1 Å². The van der Waals surface area contributed by atoms with Crippen LogP contribution in [0.25, 0.3) is 0 Å². The lowest BCUT2D eigenvalue weighted by atomic mass is 10.1. The van der Waals surface area contributed by atoms with Crippen molar-refractivity contribution in [3.8, 4) is 0 Å². The second kappa shape index (κ2) is 6.87. The number of nitrogens with zero attached hydrogens (tertiary/aromatic N) is 1. The lowest BCUT2D eigenvalue weighted by molar-refractivity contribution is 0.199. The van der Waals surface area contributed by atoms with Crippen LogP contribution >= 0.6 is 11.6 Å². The number of anilines is 1. The molecule has 1 N–H and O–H groups in total. The van der Waals surface area contributed by atoms with Gasteiger partial charge in [-0.25, -0.2) is 0 Å². The van der Waals surface area contributed by atoms with Crippen molar-refractivity contribution in [1.29, 1.82) is 0 Å². The predicted molar refractivity (Wildman–Crippen MR) is 74.9 cm³/mol. The summed E-state index contributed by atoms with van der Waals surface area (Å²) in [5.41, 5.74) is 1.94. The number of aliphatic hydroxyl groups excluding tert-OH is 1. The van der Waals surface area contributed by atoms with Crippen molar-refractivity contribution in [1.82, 2.24) is 0 Å². The zero-order valence-electron chi connectivity index (χ0n) is 10.9. The minimum absolute atomic E-state index is 0.465. The molecule has 2 nitrogen and oxygen atoms in total. The highest BCUT2D eigenvalue weighted by molar-refractivity contribution is 6.33. The van der Waals surface area contributed by atoms with Crippen molar-refractivity contribution in [2.24, 2.45) is 0 Å².